The molecular weight excluding hydrogens is 288 g/mol. The molecule has 0 saturated heterocycles. The number of ether oxygens (including phenoxy) is 2. The van der Waals surface area contributed by atoms with Crippen LogP contribution in [-0.4, -0.2) is 37.2 Å². The third kappa shape index (κ3) is 3.28. The van der Waals surface area contributed by atoms with E-state index in [1.54, 1.807) is 11.9 Å². The van der Waals surface area contributed by atoms with Crippen LogP contribution in [0.5, 0.6) is 11.5 Å². The molecule has 6 heteroatoms. The van der Waals surface area contributed by atoms with Gasteiger partial charge < -0.3 is 14.4 Å². The number of nitrogens with zero attached hydrogens (tertiary/aromatic N) is 1. The highest BCUT2D eigenvalue weighted by molar-refractivity contribution is 7.14. The van der Waals surface area contributed by atoms with Gasteiger partial charge in [-0.05, 0) is 29.6 Å². The van der Waals surface area contributed by atoms with Crippen LogP contribution in [0, 0.1) is 0 Å². The molecule has 0 spiro atoms. The van der Waals surface area contributed by atoms with Crippen molar-refractivity contribution in [2.45, 2.75) is 6.10 Å². The highest BCUT2D eigenvalue weighted by Gasteiger charge is 2.23. The number of fused-ring (bicyclic) bond motifs is 1. The Kier molecular flexibility index (Phi) is 3.96. The number of benzene rings is 1. The maximum Gasteiger partial charge on any atom is 0.322 e. The minimum absolute atomic E-state index is 0.153. The van der Waals surface area contributed by atoms with Crippen molar-refractivity contribution in [1.82, 2.24) is 4.90 Å². The maximum absolute atomic E-state index is 12.1. The van der Waals surface area contributed by atoms with Crippen molar-refractivity contribution in [2.24, 2.45) is 0 Å². The largest absolute Gasteiger partial charge is 0.486 e. The fourth-order valence-corrected chi connectivity index (χ4v) is 2.70. The molecule has 2 amide bonds. The Labute approximate surface area is 127 Å². The fourth-order valence-electron chi connectivity index (χ4n) is 2.09. The summed E-state index contributed by atoms with van der Waals surface area (Å²) in [5, 5.41) is 5.59. The number of urea groups is 1. The molecule has 1 atom stereocenters. The first-order valence-electron chi connectivity index (χ1n) is 6.66. The summed E-state index contributed by atoms with van der Waals surface area (Å²) in [6.45, 7) is 0.902. The zero-order valence-electron chi connectivity index (χ0n) is 11.6. The van der Waals surface area contributed by atoms with Gasteiger partial charge in [-0.1, -0.05) is 12.1 Å². The van der Waals surface area contributed by atoms with E-state index in [-0.39, 0.29) is 12.1 Å². The molecule has 2 aromatic rings. The van der Waals surface area contributed by atoms with Gasteiger partial charge in [0.25, 0.3) is 0 Å². The Morgan fingerprint density at radius 2 is 2.14 bits per heavy atom. The van der Waals surface area contributed by atoms with Crippen LogP contribution in [0.2, 0.25) is 0 Å². The van der Waals surface area contributed by atoms with Gasteiger partial charge in [0.15, 0.2) is 17.6 Å². The zero-order valence-corrected chi connectivity index (χ0v) is 12.4. The number of anilines is 1. The molecule has 0 saturated carbocycles. The second-order valence-electron chi connectivity index (χ2n) is 4.79. The van der Waals surface area contributed by atoms with Crippen LogP contribution >= 0.6 is 11.3 Å². The first kappa shape index (κ1) is 13.8. The van der Waals surface area contributed by atoms with Gasteiger partial charge in [-0.25, -0.2) is 4.79 Å². The standard InChI is InChI=1S/C15H16N2O3S/c1-17(15(18)16-14-7-4-8-21-14)9-11-10-19-12-5-2-3-6-13(12)20-11/h2-8,11H,9-10H2,1H3,(H,16,18). The average Bonchev–Trinajstić information content (AvgIpc) is 3.00. The second-order valence-corrected chi connectivity index (χ2v) is 5.73. The molecule has 3 rings (SSSR count). The summed E-state index contributed by atoms with van der Waals surface area (Å²) in [7, 11) is 1.74. The highest BCUT2D eigenvalue weighted by Crippen LogP contribution is 2.31. The SMILES string of the molecule is CN(CC1COc2ccccc2O1)C(=O)Nc1cccs1. The smallest absolute Gasteiger partial charge is 0.322 e. The summed E-state index contributed by atoms with van der Waals surface area (Å²) in [6.07, 6.45) is -0.168. The third-order valence-corrected chi connectivity index (χ3v) is 3.93. The van der Waals surface area contributed by atoms with Crippen LogP contribution in [0.4, 0.5) is 9.80 Å². The minimum Gasteiger partial charge on any atom is -0.486 e. The van der Waals surface area contributed by atoms with Crippen LogP contribution in [0.1, 0.15) is 0 Å². The molecule has 1 aliphatic heterocycles. The summed E-state index contributed by atoms with van der Waals surface area (Å²) in [6, 6.07) is 11.2. The molecule has 1 aromatic carbocycles. The van der Waals surface area contributed by atoms with E-state index in [4.69, 9.17) is 9.47 Å². The number of thiophene rings is 1. The van der Waals surface area contributed by atoms with Gasteiger partial charge >= 0.3 is 6.03 Å². The number of likely N-dealkylation sites (N-methyl/N-ethyl adjacent to an activating group) is 1. The summed E-state index contributed by atoms with van der Waals surface area (Å²) >= 11 is 1.49. The lowest BCUT2D eigenvalue weighted by Crippen LogP contribution is -2.43. The number of para-hydroxylation sites is 2. The molecule has 1 unspecified atom stereocenters. The quantitative estimate of drug-likeness (QED) is 0.948. The van der Waals surface area contributed by atoms with Gasteiger partial charge in [0, 0.05) is 7.05 Å². The van der Waals surface area contributed by atoms with E-state index in [1.807, 2.05) is 41.8 Å². The molecular formula is C15H16N2O3S. The van der Waals surface area contributed by atoms with Crippen molar-refractivity contribution in [3.05, 3.63) is 41.8 Å². The lowest BCUT2D eigenvalue weighted by molar-refractivity contribution is 0.0731. The van der Waals surface area contributed by atoms with Crippen LogP contribution in [0.15, 0.2) is 41.8 Å². The molecule has 2 heterocycles. The Balaban J connectivity index is 1.56. The Hall–Kier alpha value is -2.21. The van der Waals surface area contributed by atoms with Crippen molar-refractivity contribution >= 4 is 22.4 Å². The molecule has 21 heavy (non-hydrogen) atoms. The molecule has 110 valence electrons. The Bertz CT molecular complexity index is 615. The van der Waals surface area contributed by atoms with Gasteiger partial charge in [0.2, 0.25) is 0 Å². The molecule has 0 aliphatic carbocycles. The van der Waals surface area contributed by atoms with Crippen LogP contribution in [0.25, 0.3) is 0 Å². The highest BCUT2D eigenvalue weighted by atomic mass is 32.1. The average molecular weight is 304 g/mol. The monoisotopic (exact) mass is 304 g/mol. The summed E-state index contributed by atoms with van der Waals surface area (Å²) in [5.41, 5.74) is 0. The van der Waals surface area contributed by atoms with E-state index in [0.717, 1.165) is 16.5 Å². The predicted octanol–water partition coefficient (Wildman–Crippen LogP) is 3.05. The molecule has 0 bridgehead atoms. The molecule has 5 nitrogen and oxygen atoms in total. The first-order valence-corrected chi connectivity index (χ1v) is 7.54. The second kappa shape index (κ2) is 6.05. The number of amides is 2. The van der Waals surface area contributed by atoms with Crippen LogP contribution < -0.4 is 14.8 Å². The number of carbonyl (C=O) groups is 1. The Morgan fingerprint density at radius 1 is 1.33 bits per heavy atom. The lowest BCUT2D eigenvalue weighted by atomic mass is 10.2. The predicted molar refractivity (Wildman–Crippen MR) is 82.3 cm³/mol. The van der Waals surface area contributed by atoms with E-state index in [2.05, 4.69) is 5.32 Å². The van der Waals surface area contributed by atoms with Crippen molar-refractivity contribution in [3.63, 3.8) is 0 Å². The van der Waals surface area contributed by atoms with Crippen LogP contribution in [0.3, 0.4) is 0 Å². The minimum atomic E-state index is -0.168. The van der Waals surface area contributed by atoms with Crippen molar-refractivity contribution in [3.8, 4) is 11.5 Å². The number of hydrogen-bond acceptors (Lipinski definition) is 4. The number of hydrogen-bond donors (Lipinski definition) is 1. The number of nitrogens with one attached hydrogen (secondary N) is 1. The van der Waals surface area contributed by atoms with Crippen molar-refractivity contribution in [1.29, 1.82) is 0 Å². The van der Waals surface area contributed by atoms with Gasteiger partial charge in [-0.3, -0.25) is 5.32 Å². The lowest BCUT2D eigenvalue weighted by Gasteiger charge is -2.29. The molecule has 0 radical (unpaired) electrons. The van der Waals surface area contributed by atoms with Gasteiger partial charge in [-0.2, -0.15) is 0 Å². The van der Waals surface area contributed by atoms with Crippen LogP contribution in [-0.2, 0) is 0 Å². The third-order valence-electron chi connectivity index (χ3n) is 3.14. The summed E-state index contributed by atoms with van der Waals surface area (Å²) in [5.74, 6) is 1.47. The number of carbonyl (C=O) groups excluding carboxylic acids is 1. The topological polar surface area (TPSA) is 50.8 Å². The summed E-state index contributed by atoms with van der Waals surface area (Å²) < 4.78 is 11.5. The number of rotatable bonds is 3. The first-order chi connectivity index (χ1) is 10.2. The zero-order chi connectivity index (χ0) is 14.7. The molecule has 0 fully saturated rings. The normalized spacial score (nSPS) is 16.3. The maximum atomic E-state index is 12.1. The van der Waals surface area contributed by atoms with E-state index < -0.39 is 0 Å². The van der Waals surface area contributed by atoms with Crippen molar-refractivity contribution < 1.29 is 14.3 Å². The van der Waals surface area contributed by atoms with E-state index in [9.17, 15) is 4.79 Å². The molecule has 1 aliphatic rings. The Morgan fingerprint density at radius 3 is 2.90 bits per heavy atom. The van der Waals surface area contributed by atoms with Gasteiger partial charge in [0.05, 0.1) is 11.5 Å². The molecule has 1 aromatic heterocycles. The van der Waals surface area contributed by atoms with Gasteiger partial charge in [-0.15, -0.1) is 11.3 Å². The van der Waals surface area contributed by atoms with E-state index in [0.29, 0.717) is 13.2 Å². The van der Waals surface area contributed by atoms with Crippen molar-refractivity contribution in [2.75, 3.05) is 25.5 Å². The van der Waals surface area contributed by atoms with E-state index in [1.165, 1.54) is 11.3 Å². The van der Waals surface area contributed by atoms with E-state index >= 15 is 0 Å². The fraction of sp³-hybridized carbons (Fsp3) is 0.267. The summed E-state index contributed by atoms with van der Waals surface area (Å²) in [4.78, 5) is 13.7. The van der Waals surface area contributed by atoms with Gasteiger partial charge in [0.1, 0.15) is 6.61 Å². The molecule has 1 N–H and O–H groups in total.